The van der Waals surface area contributed by atoms with Crippen molar-refractivity contribution in [2.75, 3.05) is 25.4 Å². The van der Waals surface area contributed by atoms with E-state index in [-0.39, 0.29) is 42.6 Å². The Morgan fingerprint density at radius 3 is 2.34 bits per heavy atom. The highest BCUT2D eigenvalue weighted by molar-refractivity contribution is 6.01. The lowest BCUT2D eigenvalue weighted by Crippen LogP contribution is -2.45. The van der Waals surface area contributed by atoms with E-state index in [2.05, 4.69) is 0 Å². The Balaban J connectivity index is 1.92. The molecule has 8 heteroatoms. The smallest absolute Gasteiger partial charge is 0.332 e. The molecule has 1 aliphatic heterocycles. The standard InChI is InChI=1S/C21H27FN4O3/c1-2-25-20(28)18(17(27)14-24-11-4-3-5-12-24)19(23)26(21(25)29)13-10-15-6-8-16(22)9-7-15/h6-9H,2-5,10-14,23H2,1H3. The number of aryl methyl sites for hydroxylation is 1. The minimum Gasteiger partial charge on any atom is -0.384 e. The van der Waals surface area contributed by atoms with Crippen molar-refractivity contribution in [3.8, 4) is 0 Å². The quantitative estimate of drug-likeness (QED) is 0.712. The minimum absolute atomic E-state index is 0.0891. The molecule has 1 aliphatic rings. The molecule has 7 nitrogen and oxygen atoms in total. The lowest BCUT2D eigenvalue weighted by molar-refractivity contribution is 0.0913. The first-order valence-corrected chi connectivity index (χ1v) is 10.1. The van der Waals surface area contributed by atoms with Gasteiger partial charge in [0, 0.05) is 13.1 Å². The van der Waals surface area contributed by atoms with Crippen LogP contribution in [0.2, 0.25) is 0 Å². The Morgan fingerprint density at radius 1 is 1.07 bits per heavy atom. The second kappa shape index (κ2) is 9.17. The topological polar surface area (TPSA) is 90.3 Å². The number of nitrogens with zero attached hydrogens (tertiary/aromatic N) is 3. The van der Waals surface area contributed by atoms with Gasteiger partial charge < -0.3 is 5.73 Å². The molecule has 0 aliphatic carbocycles. The van der Waals surface area contributed by atoms with Crippen molar-refractivity contribution in [3.63, 3.8) is 0 Å². The number of ketones is 1. The normalized spacial score (nSPS) is 14.8. The molecular formula is C21H27FN4O3. The monoisotopic (exact) mass is 402 g/mol. The molecule has 1 aromatic heterocycles. The van der Waals surface area contributed by atoms with Crippen molar-refractivity contribution < 1.29 is 9.18 Å². The second-order valence-electron chi connectivity index (χ2n) is 7.38. The number of hydrogen-bond acceptors (Lipinski definition) is 5. The maximum atomic E-state index is 13.1. The molecule has 1 saturated heterocycles. The van der Waals surface area contributed by atoms with Crippen LogP contribution in [-0.2, 0) is 19.5 Å². The lowest BCUT2D eigenvalue weighted by atomic mass is 10.1. The van der Waals surface area contributed by atoms with Gasteiger partial charge in [-0.25, -0.2) is 9.18 Å². The fourth-order valence-corrected chi connectivity index (χ4v) is 3.76. The summed E-state index contributed by atoms with van der Waals surface area (Å²) in [6.45, 7) is 3.79. The van der Waals surface area contributed by atoms with Crippen LogP contribution in [0, 0.1) is 5.82 Å². The SMILES string of the molecule is CCn1c(=O)c(C(=O)CN2CCCCC2)c(N)n(CCc2ccc(F)cc2)c1=O. The number of piperidine rings is 1. The number of aromatic nitrogens is 2. The number of benzene rings is 1. The van der Waals surface area contributed by atoms with Gasteiger partial charge in [0.1, 0.15) is 17.2 Å². The maximum Gasteiger partial charge on any atom is 0.332 e. The highest BCUT2D eigenvalue weighted by Crippen LogP contribution is 2.13. The first-order valence-electron chi connectivity index (χ1n) is 10.1. The summed E-state index contributed by atoms with van der Waals surface area (Å²) in [5.41, 5.74) is 5.70. The van der Waals surface area contributed by atoms with Gasteiger partial charge in [-0.1, -0.05) is 18.6 Å². The molecule has 1 fully saturated rings. The largest absolute Gasteiger partial charge is 0.384 e. The molecule has 2 N–H and O–H groups in total. The molecule has 0 spiro atoms. The Hall–Kier alpha value is -2.74. The van der Waals surface area contributed by atoms with Crippen LogP contribution >= 0.6 is 0 Å². The van der Waals surface area contributed by atoms with Crippen LogP contribution in [0.25, 0.3) is 0 Å². The predicted octanol–water partition coefficient (Wildman–Crippen LogP) is 1.66. The van der Waals surface area contributed by atoms with Gasteiger partial charge in [0.15, 0.2) is 5.78 Å². The Bertz CT molecular complexity index is 989. The van der Waals surface area contributed by atoms with E-state index in [9.17, 15) is 18.8 Å². The maximum absolute atomic E-state index is 13.1. The average Bonchev–Trinajstić information content (AvgIpc) is 2.70. The van der Waals surface area contributed by atoms with Gasteiger partial charge in [0.25, 0.3) is 5.56 Å². The van der Waals surface area contributed by atoms with Crippen LogP contribution in [0.5, 0.6) is 0 Å². The number of nitrogen functional groups attached to an aromatic ring is 1. The van der Waals surface area contributed by atoms with Gasteiger partial charge in [-0.2, -0.15) is 0 Å². The predicted molar refractivity (Wildman–Crippen MR) is 110 cm³/mol. The van der Waals surface area contributed by atoms with Gasteiger partial charge in [-0.05, 0) is 57.0 Å². The zero-order valence-corrected chi connectivity index (χ0v) is 16.7. The van der Waals surface area contributed by atoms with Crippen molar-refractivity contribution in [1.29, 1.82) is 0 Å². The van der Waals surface area contributed by atoms with Crippen LogP contribution in [0.4, 0.5) is 10.2 Å². The van der Waals surface area contributed by atoms with E-state index < -0.39 is 11.2 Å². The summed E-state index contributed by atoms with van der Waals surface area (Å²) in [6, 6.07) is 5.97. The molecule has 29 heavy (non-hydrogen) atoms. The number of halogens is 1. The third-order valence-electron chi connectivity index (χ3n) is 5.42. The molecule has 0 unspecified atom stereocenters. The highest BCUT2D eigenvalue weighted by atomic mass is 19.1. The number of hydrogen-bond donors (Lipinski definition) is 1. The summed E-state index contributed by atoms with van der Waals surface area (Å²) < 4.78 is 15.4. The second-order valence-corrected chi connectivity index (χ2v) is 7.38. The summed E-state index contributed by atoms with van der Waals surface area (Å²) >= 11 is 0. The molecule has 0 amide bonds. The number of nitrogens with two attached hydrogens (primary N) is 1. The van der Waals surface area contributed by atoms with Crippen molar-refractivity contribution >= 4 is 11.6 Å². The number of anilines is 1. The number of carbonyl (C=O) groups is 1. The van der Waals surface area contributed by atoms with Crippen molar-refractivity contribution in [1.82, 2.24) is 14.0 Å². The lowest BCUT2D eigenvalue weighted by Gasteiger charge is -2.26. The molecule has 0 bridgehead atoms. The minimum atomic E-state index is -0.630. The fourth-order valence-electron chi connectivity index (χ4n) is 3.76. The van der Waals surface area contributed by atoms with Crippen LogP contribution < -0.4 is 17.0 Å². The van der Waals surface area contributed by atoms with Crippen LogP contribution in [-0.4, -0.2) is 39.5 Å². The molecule has 0 saturated carbocycles. The highest BCUT2D eigenvalue weighted by Gasteiger charge is 2.24. The van der Waals surface area contributed by atoms with E-state index in [1.807, 2.05) is 4.90 Å². The third kappa shape index (κ3) is 4.64. The first kappa shape index (κ1) is 21.0. The first-order chi connectivity index (χ1) is 13.9. The summed E-state index contributed by atoms with van der Waals surface area (Å²) in [5.74, 6) is -0.781. The number of carbonyl (C=O) groups excluding carboxylic acids is 1. The third-order valence-corrected chi connectivity index (χ3v) is 5.42. The van der Waals surface area contributed by atoms with Crippen LogP contribution in [0.15, 0.2) is 33.9 Å². The van der Waals surface area contributed by atoms with E-state index >= 15 is 0 Å². The van der Waals surface area contributed by atoms with Crippen molar-refractivity contribution in [2.45, 2.75) is 45.7 Å². The van der Waals surface area contributed by atoms with E-state index in [0.717, 1.165) is 42.5 Å². The van der Waals surface area contributed by atoms with Gasteiger partial charge in [-0.3, -0.25) is 23.6 Å². The molecule has 1 aromatic carbocycles. The van der Waals surface area contributed by atoms with E-state index in [1.165, 1.54) is 16.7 Å². The van der Waals surface area contributed by atoms with Crippen LogP contribution in [0.1, 0.15) is 42.1 Å². The number of likely N-dealkylation sites (tertiary alicyclic amines) is 1. The van der Waals surface area contributed by atoms with Crippen LogP contribution in [0.3, 0.4) is 0 Å². The van der Waals surface area contributed by atoms with Crippen molar-refractivity contribution in [3.05, 3.63) is 62.0 Å². The summed E-state index contributed by atoms with van der Waals surface area (Å²) in [5, 5.41) is 0. The summed E-state index contributed by atoms with van der Waals surface area (Å²) in [7, 11) is 0. The number of rotatable bonds is 7. The molecule has 156 valence electrons. The molecular weight excluding hydrogens is 375 g/mol. The fraction of sp³-hybridized carbons (Fsp3) is 0.476. The van der Waals surface area contributed by atoms with E-state index in [4.69, 9.17) is 5.73 Å². The number of Topliss-reactive ketones (excluding diaryl/α,β-unsaturated/α-hetero) is 1. The van der Waals surface area contributed by atoms with Gasteiger partial charge in [0.05, 0.1) is 6.54 Å². The Morgan fingerprint density at radius 2 is 1.72 bits per heavy atom. The van der Waals surface area contributed by atoms with Gasteiger partial charge >= 0.3 is 5.69 Å². The summed E-state index contributed by atoms with van der Waals surface area (Å²) in [6.07, 6.45) is 3.62. The van der Waals surface area contributed by atoms with Gasteiger partial charge in [-0.15, -0.1) is 0 Å². The van der Waals surface area contributed by atoms with E-state index in [1.54, 1.807) is 19.1 Å². The molecule has 2 aromatic rings. The zero-order chi connectivity index (χ0) is 21.0. The molecule has 0 atom stereocenters. The van der Waals surface area contributed by atoms with E-state index in [0.29, 0.717) is 6.42 Å². The van der Waals surface area contributed by atoms with Crippen molar-refractivity contribution in [2.24, 2.45) is 0 Å². The van der Waals surface area contributed by atoms with Gasteiger partial charge in [0.2, 0.25) is 0 Å². The zero-order valence-electron chi connectivity index (χ0n) is 16.7. The molecule has 2 heterocycles. The molecule has 0 radical (unpaired) electrons. The molecule has 3 rings (SSSR count). The Labute approximate surface area is 168 Å². The average molecular weight is 402 g/mol. The Kier molecular flexibility index (Phi) is 6.64. The summed E-state index contributed by atoms with van der Waals surface area (Å²) in [4.78, 5) is 40.5.